The standard InChI is InChI=1S/C13H20N2O3/c1-4-17-12-6-5-10(13(16)15-14)7-11(12)8-18-9(2)3/h5-7,9H,4,8,14H2,1-3H3,(H,15,16). The van der Waals surface area contributed by atoms with Crippen molar-refractivity contribution in [3.63, 3.8) is 0 Å². The first-order valence-electron chi connectivity index (χ1n) is 5.96. The highest BCUT2D eigenvalue weighted by atomic mass is 16.5. The van der Waals surface area contributed by atoms with Crippen LogP contribution in [0.5, 0.6) is 5.75 Å². The van der Waals surface area contributed by atoms with E-state index in [1.54, 1.807) is 18.2 Å². The first kappa shape index (κ1) is 14.5. The third-order valence-corrected chi connectivity index (χ3v) is 2.33. The van der Waals surface area contributed by atoms with E-state index >= 15 is 0 Å². The molecule has 0 aliphatic heterocycles. The van der Waals surface area contributed by atoms with E-state index in [0.29, 0.717) is 18.8 Å². The highest BCUT2D eigenvalue weighted by Crippen LogP contribution is 2.21. The van der Waals surface area contributed by atoms with Crippen LogP contribution >= 0.6 is 0 Å². The first-order valence-corrected chi connectivity index (χ1v) is 5.96. The highest BCUT2D eigenvalue weighted by Gasteiger charge is 2.10. The molecule has 0 atom stereocenters. The molecule has 0 saturated carbocycles. The van der Waals surface area contributed by atoms with Crippen LogP contribution in [0.3, 0.4) is 0 Å². The van der Waals surface area contributed by atoms with E-state index in [1.807, 2.05) is 20.8 Å². The molecule has 5 heteroatoms. The van der Waals surface area contributed by atoms with Crippen molar-refractivity contribution in [3.8, 4) is 5.75 Å². The molecule has 0 spiro atoms. The largest absolute Gasteiger partial charge is 0.494 e. The molecule has 0 aliphatic rings. The highest BCUT2D eigenvalue weighted by molar-refractivity contribution is 5.94. The topological polar surface area (TPSA) is 73.6 Å². The second kappa shape index (κ2) is 6.98. The second-order valence-electron chi connectivity index (χ2n) is 4.09. The summed E-state index contributed by atoms with van der Waals surface area (Å²) in [7, 11) is 0. The lowest BCUT2D eigenvalue weighted by Crippen LogP contribution is -2.30. The number of nitrogen functional groups attached to an aromatic ring is 1. The normalized spacial score (nSPS) is 10.5. The predicted molar refractivity (Wildman–Crippen MR) is 69.2 cm³/mol. The summed E-state index contributed by atoms with van der Waals surface area (Å²) in [6.07, 6.45) is 0.117. The predicted octanol–water partition coefficient (Wildman–Crippen LogP) is 1.61. The quantitative estimate of drug-likeness (QED) is 0.458. The van der Waals surface area contributed by atoms with Gasteiger partial charge in [-0.15, -0.1) is 0 Å². The molecule has 0 saturated heterocycles. The zero-order valence-corrected chi connectivity index (χ0v) is 11.0. The zero-order chi connectivity index (χ0) is 13.5. The molecule has 0 radical (unpaired) electrons. The minimum Gasteiger partial charge on any atom is -0.494 e. The molecular formula is C13H20N2O3. The fraction of sp³-hybridized carbons (Fsp3) is 0.462. The van der Waals surface area contributed by atoms with Crippen LogP contribution in [-0.4, -0.2) is 18.6 Å². The number of hydrogen-bond donors (Lipinski definition) is 2. The van der Waals surface area contributed by atoms with Gasteiger partial charge in [-0.25, -0.2) is 5.84 Å². The molecule has 1 aromatic carbocycles. The fourth-order valence-electron chi connectivity index (χ4n) is 1.47. The molecule has 3 N–H and O–H groups in total. The Morgan fingerprint density at radius 3 is 2.72 bits per heavy atom. The molecule has 1 aromatic rings. The van der Waals surface area contributed by atoms with Crippen LogP contribution in [0.15, 0.2) is 18.2 Å². The van der Waals surface area contributed by atoms with Crippen LogP contribution in [-0.2, 0) is 11.3 Å². The lowest BCUT2D eigenvalue weighted by Gasteiger charge is -2.13. The van der Waals surface area contributed by atoms with Crippen LogP contribution in [0, 0.1) is 0 Å². The molecule has 18 heavy (non-hydrogen) atoms. The van der Waals surface area contributed by atoms with Crippen molar-refractivity contribution in [1.29, 1.82) is 0 Å². The third kappa shape index (κ3) is 4.01. The Kier molecular flexibility index (Phi) is 5.61. The monoisotopic (exact) mass is 252 g/mol. The maximum atomic E-state index is 11.5. The number of amides is 1. The summed E-state index contributed by atoms with van der Waals surface area (Å²) >= 11 is 0. The van der Waals surface area contributed by atoms with Gasteiger partial charge in [0.1, 0.15) is 5.75 Å². The molecule has 0 unspecified atom stereocenters. The third-order valence-electron chi connectivity index (χ3n) is 2.33. The number of nitrogens with one attached hydrogen (secondary N) is 1. The summed E-state index contributed by atoms with van der Waals surface area (Å²) in [6, 6.07) is 5.16. The Hall–Kier alpha value is -1.59. The number of carbonyl (C=O) groups is 1. The van der Waals surface area contributed by atoms with E-state index in [0.717, 1.165) is 11.3 Å². The molecule has 0 aromatic heterocycles. The molecule has 1 amide bonds. The smallest absolute Gasteiger partial charge is 0.265 e. The Morgan fingerprint density at radius 2 is 2.17 bits per heavy atom. The first-order chi connectivity index (χ1) is 8.58. The molecule has 0 aliphatic carbocycles. The minimum atomic E-state index is -0.330. The lowest BCUT2D eigenvalue weighted by atomic mass is 10.1. The molecule has 0 heterocycles. The Bertz CT molecular complexity index is 405. The molecule has 100 valence electrons. The van der Waals surface area contributed by atoms with Gasteiger partial charge >= 0.3 is 0 Å². The van der Waals surface area contributed by atoms with Crippen molar-refractivity contribution < 1.29 is 14.3 Å². The van der Waals surface area contributed by atoms with E-state index in [1.165, 1.54) is 0 Å². The minimum absolute atomic E-state index is 0.117. The summed E-state index contributed by atoms with van der Waals surface area (Å²) in [6.45, 7) is 6.79. The van der Waals surface area contributed by atoms with Crippen LogP contribution in [0.4, 0.5) is 0 Å². The molecule has 0 bridgehead atoms. The van der Waals surface area contributed by atoms with Gasteiger partial charge in [-0.05, 0) is 39.0 Å². The van der Waals surface area contributed by atoms with Crippen molar-refractivity contribution in [1.82, 2.24) is 5.43 Å². The van der Waals surface area contributed by atoms with Gasteiger partial charge in [-0.1, -0.05) is 0 Å². The maximum Gasteiger partial charge on any atom is 0.265 e. The van der Waals surface area contributed by atoms with Gasteiger partial charge in [-0.2, -0.15) is 0 Å². The SMILES string of the molecule is CCOc1ccc(C(=O)NN)cc1COC(C)C. The number of hydrogen-bond acceptors (Lipinski definition) is 4. The van der Waals surface area contributed by atoms with Crippen molar-refractivity contribution in [2.24, 2.45) is 5.84 Å². The summed E-state index contributed by atoms with van der Waals surface area (Å²) in [5.74, 6) is 5.51. The van der Waals surface area contributed by atoms with Gasteiger partial charge in [0.05, 0.1) is 19.3 Å². The Balaban J connectivity index is 2.95. The molecular weight excluding hydrogens is 232 g/mol. The Morgan fingerprint density at radius 1 is 1.44 bits per heavy atom. The van der Waals surface area contributed by atoms with Crippen molar-refractivity contribution >= 4 is 5.91 Å². The number of hydrazine groups is 1. The number of ether oxygens (including phenoxy) is 2. The fourth-order valence-corrected chi connectivity index (χ4v) is 1.47. The van der Waals surface area contributed by atoms with E-state index < -0.39 is 0 Å². The van der Waals surface area contributed by atoms with E-state index in [-0.39, 0.29) is 12.0 Å². The molecule has 5 nitrogen and oxygen atoms in total. The average Bonchev–Trinajstić information content (AvgIpc) is 2.36. The van der Waals surface area contributed by atoms with Gasteiger partial charge in [0.2, 0.25) is 0 Å². The second-order valence-corrected chi connectivity index (χ2v) is 4.09. The van der Waals surface area contributed by atoms with Crippen molar-refractivity contribution in [2.45, 2.75) is 33.5 Å². The van der Waals surface area contributed by atoms with E-state index in [2.05, 4.69) is 5.43 Å². The summed E-state index contributed by atoms with van der Waals surface area (Å²) in [5.41, 5.74) is 3.43. The van der Waals surface area contributed by atoms with E-state index in [9.17, 15) is 4.79 Å². The average molecular weight is 252 g/mol. The summed E-state index contributed by atoms with van der Waals surface area (Å²) in [4.78, 5) is 11.5. The zero-order valence-electron chi connectivity index (χ0n) is 11.0. The molecule has 1 rings (SSSR count). The van der Waals surface area contributed by atoms with Crippen LogP contribution in [0.1, 0.15) is 36.7 Å². The molecule has 0 fully saturated rings. The van der Waals surface area contributed by atoms with Gasteiger partial charge in [0, 0.05) is 11.1 Å². The number of nitrogens with two attached hydrogens (primary N) is 1. The van der Waals surface area contributed by atoms with Crippen LogP contribution < -0.4 is 16.0 Å². The van der Waals surface area contributed by atoms with Gasteiger partial charge in [0.25, 0.3) is 5.91 Å². The number of benzene rings is 1. The summed E-state index contributed by atoms with van der Waals surface area (Å²) < 4.78 is 11.0. The number of rotatable bonds is 6. The van der Waals surface area contributed by atoms with Crippen molar-refractivity contribution in [2.75, 3.05) is 6.61 Å². The van der Waals surface area contributed by atoms with Gasteiger partial charge in [0.15, 0.2) is 0 Å². The number of carbonyl (C=O) groups excluding carboxylic acids is 1. The van der Waals surface area contributed by atoms with Crippen LogP contribution in [0.2, 0.25) is 0 Å². The van der Waals surface area contributed by atoms with E-state index in [4.69, 9.17) is 15.3 Å². The van der Waals surface area contributed by atoms with Gasteiger partial charge in [-0.3, -0.25) is 10.2 Å². The Labute approximate surface area is 107 Å². The van der Waals surface area contributed by atoms with Gasteiger partial charge < -0.3 is 9.47 Å². The maximum absolute atomic E-state index is 11.5. The summed E-state index contributed by atoms with van der Waals surface area (Å²) in [5, 5.41) is 0. The van der Waals surface area contributed by atoms with Crippen molar-refractivity contribution in [3.05, 3.63) is 29.3 Å². The van der Waals surface area contributed by atoms with Crippen LogP contribution in [0.25, 0.3) is 0 Å². The lowest BCUT2D eigenvalue weighted by molar-refractivity contribution is 0.0641.